The van der Waals surface area contributed by atoms with Crippen LogP contribution in [0.3, 0.4) is 0 Å². The molecule has 0 saturated carbocycles. The van der Waals surface area contributed by atoms with Crippen LogP contribution in [0.1, 0.15) is 76.3 Å². The van der Waals surface area contributed by atoms with Crippen LogP contribution in [0.15, 0.2) is 96.7 Å². The summed E-state index contributed by atoms with van der Waals surface area (Å²) in [6.07, 6.45) is 7.13. The summed E-state index contributed by atoms with van der Waals surface area (Å²) in [7, 11) is -3.67. The predicted octanol–water partition coefficient (Wildman–Crippen LogP) is 7.13. The number of alkyl halides is 1. The van der Waals surface area contributed by atoms with Crippen molar-refractivity contribution >= 4 is 15.9 Å². The van der Waals surface area contributed by atoms with E-state index in [0.29, 0.717) is 44.4 Å². The summed E-state index contributed by atoms with van der Waals surface area (Å²) in [6, 6.07) is 20.4. The van der Waals surface area contributed by atoms with E-state index in [-0.39, 0.29) is 17.6 Å². The standard InChI is InChI=1S/C34H42FN3O3.C2H6.CH4O3S/c1-5-10-30(19-29(21-35)13-9-14-31(40)24-39)36-22-26-15-17-27(18-16-26)23-38-33(20-32(37-38)34(2,3)4)41-25-28-11-7-6-8-12-28;1-2;1-5(2,3)4/h5-8,10-12,15-20,36,39H,1,9,13-14,21-25H2,2-4H3;1-2H3;1H3,(H,2,3,4)/b29-19+,30-10+;;. The van der Waals surface area contributed by atoms with Gasteiger partial charge in [0.05, 0.1) is 18.5 Å². The molecule has 0 atom stereocenters. The lowest BCUT2D eigenvalue weighted by atomic mass is 9.93. The number of hydrogen-bond acceptors (Lipinski definition) is 7. The Balaban J connectivity index is 0.00000150. The van der Waals surface area contributed by atoms with Crippen molar-refractivity contribution in [2.24, 2.45) is 0 Å². The van der Waals surface area contributed by atoms with E-state index in [4.69, 9.17) is 19.5 Å². The van der Waals surface area contributed by atoms with E-state index in [0.717, 1.165) is 34.0 Å². The summed E-state index contributed by atoms with van der Waals surface area (Å²) in [5.41, 5.74) is 5.48. The minimum absolute atomic E-state index is 0.102. The van der Waals surface area contributed by atoms with Crippen molar-refractivity contribution in [3.63, 3.8) is 0 Å². The van der Waals surface area contributed by atoms with Crippen LogP contribution in [0.5, 0.6) is 5.88 Å². The fourth-order valence-corrected chi connectivity index (χ4v) is 4.14. The first-order valence-electron chi connectivity index (χ1n) is 15.9. The molecule has 1 heterocycles. The van der Waals surface area contributed by atoms with Gasteiger partial charge in [-0.3, -0.25) is 9.35 Å². The van der Waals surface area contributed by atoms with E-state index < -0.39 is 23.4 Å². The summed E-state index contributed by atoms with van der Waals surface area (Å²) < 4.78 is 47.5. The highest BCUT2D eigenvalue weighted by atomic mass is 32.2. The zero-order valence-electron chi connectivity index (χ0n) is 29.1. The van der Waals surface area contributed by atoms with Crippen molar-refractivity contribution in [3.05, 3.63) is 119 Å². The fourth-order valence-electron chi connectivity index (χ4n) is 4.14. The predicted molar refractivity (Wildman–Crippen MR) is 191 cm³/mol. The van der Waals surface area contributed by atoms with Crippen LogP contribution in [-0.4, -0.2) is 53.2 Å². The number of aliphatic hydroxyl groups is 1. The van der Waals surface area contributed by atoms with Crippen molar-refractivity contribution in [2.75, 3.05) is 19.5 Å². The number of benzene rings is 2. The first kappa shape index (κ1) is 42.0. The molecular weight excluding hydrogens is 633 g/mol. The number of rotatable bonds is 16. The number of Topliss-reactive ketones (excluding diaryl/α,β-unsaturated/α-hetero) is 1. The van der Waals surface area contributed by atoms with E-state index in [1.807, 2.05) is 54.9 Å². The maximum Gasteiger partial charge on any atom is 0.261 e. The van der Waals surface area contributed by atoms with Crippen LogP contribution in [0.2, 0.25) is 0 Å². The largest absolute Gasteiger partial charge is 0.473 e. The van der Waals surface area contributed by atoms with Crippen molar-refractivity contribution in [3.8, 4) is 5.88 Å². The molecule has 0 bridgehead atoms. The molecule has 0 saturated heterocycles. The molecule has 0 aliphatic rings. The van der Waals surface area contributed by atoms with Gasteiger partial charge in [-0.05, 0) is 47.3 Å². The van der Waals surface area contributed by atoms with E-state index in [1.54, 1.807) is 18.2 Å². The fraction of sp³-hybridized carbons (Fsp3) is 0.405. The molecule has 3 aromatic rings. The lowest BCUT2D eigenvalue weighted by Crippen LogP contribution is -2.13. The van der Waals surface area contributed by atoms with Crippen LogP contribution < -0.4 is 10.1 Å². The number of ketones is 1. The number of nitrogens with one attached hydrogen (secondary N) is 1. The number of carbonyl (C=O) groups is 1. The molecule has 0 spiro atoms. The van der Waals surface area contributed by atoms with Gasteiger partial charge >= 0.3 is 0 Å². The Morgan fingerprint density at radius 2 is 1.65 bits per heavy atom. The van der Waals surface area contributed by atoms with Crippen molar-refractivity contribution in [1.82, 2.24) is 15.1 Å². The molecule has 9 nitrogen and oxygen atoms in total. The van der Waals surface area contributed by atoms with Gasteiger partial charge in [0.2, 0.25) is 5.88 Å². The molecular formula is C37H52FN3O6S. The molecule has 0 aliphatic heterocycles. The molecule has 0 unspecified atom stereocenters. The summed E-state index contributed by atoms with van der Waals surface area (Å²) in [4.78, 5) is 11.3. The normalized spacial score (nSPS) is 11.9. The van der Waals surface area contributed by atoms with Crippen LogP contribution in [-0.2, 0) is 40.0 Å². The van der Waals surface area contributed by atoms with E-state index in [9.17, 15) is 17.6 Å². The average Bonchev–Trinajstić information content (AvgIpc) is 3.46. The zero-order chi connectivity index (χ0) is 36.2. The van der Waals surface area contributed by atoms with Crippen molar-refractivity contribution in [2.45, 2.75) is 79.0 Å². The molecule has 264 valence electrons. The Kier molecular flexibility index (Phi) is 19.0. The third-order valence-corrected chi connectivity index (χ3v) is 6.55. The highest BCUT2D eigenvalue weighted by molar-refractivity contribution is 7.85. The van der Waals surface area contributed by atoms with Gasteiger partial charge in [-0.2, -0.15) is 13.5 Å². The second kappa shape index (κ2) is 21.7. The van der Waals surface area contributed by atoms with Gasteiger partial charge in [0.25, 0.3) is 10.1 Å². The topological polar surface area (TPSA) is 131 Å². The number of aliphatic hydroxyl groups excluding tert-OH is 1. The van der Waals surface area contributed by atoms with Crippen LogP contribution in [0.25, 0.3) is 0 Å². The van der Waals surface area contributed by atoms with Crippen molar-refractivity contribution < 1.29 is 32.0 Å². The minimum atomic E-state index is -3.67. The monoisotopic (exact) mass is 685 g/mol. The molecule has 3 rings (SSSR count). The number of hydrogen-bond donors (Lipinski definition) is 3. The van der Waals surface area contributed by atoms with E-state index in [1.165, 1.54) is 0 Å². The molecule has 48 heavy (non-hydrogen) atoms. The lowest BCUT2D eigenvalue weighted by molar-refractivity contribution is -0.121. The van der Waals surface area contributed by atoms with Gasteiger partial charge in [0, 0.05) is 30.1 Å². The third-order valence-electron chi connectivity index (χ3n) is 6.55. The molecule has 0 aliphatic carbocycles. The number of aromatic nitrogens is 2. The van der Waals surface area contributed by atoms with Gasteiger partial charge in [-0.1, -0.05) is 102 Å². The van der Waals surface area contributed by atoms with Crippen LogP contribution in [0, 0.1) is 0 Å². The molecule has 11 heteroatoms. The minimum Gasteiger partial charge on any atom is -0.473 e. The molecule has 2 aromatic carbocycles. The maximum atomic E-state index is 13.6. The quantitative estimate of drug-likeness (QED) is 0.107. The van der Waals surface area contributed by atoms with E-state index in [2.05, 4.69) is 56.9 Å². The Hall–Kier alpha value is -4.06. The Morgan fingerprint density at radius 1 is 1.04 bits per heavy atom. The first-order chi connectivity index (χ1) is 22.7. The second-order valence-electron chi connectivity index (χ2n) is 11.8. The summed E-state index contributed by atoms with van der Waals surface area (Å²) in [5.74, 6) is 0.504. The maximum absolute atomic E-state index is 13.6. The van der Waals surface area contributed by atoms with Crippen LogP contribution in [0.4, 0.5) is 4.39 Å². The molecule has 0 amide bonds. The summed E-state index contributed by atoms with van der Waals surface area (Å²) >= 11 is 0. The van der Waals surface area contributed by atoms with Crippen LogP contribution >= 0.6 is 0 Å². The van der Waals surface area contributed by atoms with Gasteiger partial charge < -0.3 is 15.2 Å². The molecule has 3 N–H and O–H groups in total. The first-order valence-corrected chi connectivity index (χ1v) is 17.8. The molecule has 0 radical (unpaired) electrons. The molecule has 1 aromatic heterocycles. The second-order valence-corrected chi connectivity index (χ2v) is 13.3. The van der Waals surface area contributed by atoms with Gasteiger partial charge in [0.1, 0.15) is 19.9 Å². The Bertz CT molecular complexity index is 1550. The number of allylic oxidation sites excluding steroid dienone is 4. The smallest absolute Gasteiger partial charge is 0.261 e. The average molecular weight is 686 g/mol. The summed E-state index contributed by atoms with van der Waals surface area (Å²) in [5, 5.41) is 17.1. The zero-order valence-corrected chi connectivity index (χ0v) is 29.9. The number of nitrogens with zero attached hydrogens (tertiary/aromatic N) is 2. The number of ether oxygens (including phenoxy) is 1. The highest BCUT2D eigenvalue weighted by Gasteiger charge is 2.21. The third kappa shape index (κ3) is 17.7. The van der Waals surface area contributed by atoms with Gasteiger partial charge in [0.15, 0.2) is 5.78 Å². The summed E-state index contributed by atoms with van der Waals surface area (Å²) in [6.45, 7) is 14.7. The van der Waals surface area contributed by atoms with Gasteiger partial charge in [-0.25, -0.2) is 9.07 Å². The Labute approximate surface area is 286 Å². The van der Waals surface area contributed by atoms with Crippen molar-refractivity contribution in [1.29, 1.82) is 0 Å². The number of halogens is 1. The Morgan fingerprint density at radius 3 is 2.19 bits per heavy atom. The SMILES string of the molecule is C=C/C=C(\C=C(\CF)CCCC(=O)CO)NCc1ccc(Cn2nc(C(C)(C)C)cc2OCc2ccccc2)cc1.CC.CS(=O)(=O)O. The van der Waals surface area contributed by atoms with E-state index >= 15 is 0 Å². The highest BCUT2D eigenvalue weighted by Crippen LogP contribution is 2.26. The number of carbonyl (C=O) groups excluding carboxylic acids is 1. The lowest BCUT2D eigenvalue weighted by Gasteiger charge is -2.14. The van der Waals surface area contributed by atoms with Gasteiger partial charge in [-0.15, -0.1) is 0 Å². The molecule has 0 fully saturated rings.